The Bertz CT molecular complexity index is 3420. The molecule has 0 aliphatic heterocycles. The summed E-state index contributed by atoms with van der Waals surface area (Å²) in [6, 6.07) is 63.7. The average molecular weight is 747 g/mol. The van der Waals surface area contributed by atoms with Gasteiger partial charge < -0.3 is 8.98 Å². The minimum absolute atomic E-state index is 0.583. The smallest absolute Gasteiger partial charge is 0.166 e. The molecule has 0 N–H and O–H groups in total. The van der Waals surface area contributed by atoms with E-state index in [-0.39, 0.29) is 0 Å². The Morgan fingerprint density at radius 2 is 0.965 bits per heavy atom. The lowest BCUT2D eigenvalue weighted by Gasteiger charge is -2.16. The maximum atomic E-state index is 6.83. The van der Waals surface area contributed by atoms with Gasteiger partial charge in [-0.15, -0.1) is 11.3 Å². The summed E-state index contributed by atoms with van der Waals surface area (Å²) in [7, 11) is 0. The molecule has 4 heterocycles. The molecule has 5 nitrogen and oxygen atoms in total. The molecule has 0 fully saturated rings. The molecule has 0 atom stereocenters. The summed E-state index contributed by atoms with van der Waals surface area (Å²) >= 11 is 1.83. The van der Waals surface area contributed by atoms with Crippen molar-refractivity contribution < 1.29 is 4.42 Å². The number of hydrogen-bond donors (Lipinski definition) is 0. The zero-order valence-electron chi connectivity index (χ0n) is 30.4. The first-order valence-corrected chi connectivity index (χ1v) is 19.8. The largest absolute Gasteiger partial charge is 0.456 e. The number of hydrogen-bond acceptors (Lipinski definition) is 5. The first-order valence-electron chi connectivity index (χ1n) is 19.0. The van der Waals surface area contributed by atoms with E-state index in [0.29, 0.717) is 17.5 Å². The monoisotopic (exact) mass is 746 g/mol. The maximum Gasteiger partial charge on any atom is 0.166 e. The van der Waals surface area contributed by atoms with Gasteiger partial charge in [-0.3, -0.25) is 0 Å². The molecule has 0 aliphatic rings. The van der Waals surface area contributed by atoms with Gasteiger partial charge in [-0.1, -0.05) is 140 Å². The van der Waals surface area contributed by atoms with Crippen LogP contribution < -0.4 is 0 Å². The number of benzene rings is 8. The third kappa shape index (κ3) is 4.98. The van der Waals surface area contributed by atoms with E-state index in [9.17, 15) is 0 Å². The first-order chi connectivity index (χ1) is 28.3. The zero-order valence-corrected chi connectivity index (χ0v) is 31.2. The fourth-order valence-corrected chi connectivity index (χ4v) is 9.68. The molecule has 4 aromatic heterocycles. The van der Waals surface area contributed by atoms with Crippen LogP contribution in [0.25, 0.3) is 115 Å². The van der Waals surface area contributed by atoms with Crippen molar-refractivity contribution >= 4 is 75.3 Å². The van der Waals surface area contributed by atoms with E-state index in [0.717, 1.165) is 66.5 Å². The molecular formula is C51H30N4OS. The average Bonchev–Trinajstić information content (AvgIpc) is 3.96. The van der Waals surface area contributed by atoms with Crippen LogP contribution in [0.3, 0.4) is 0 Å². The SMILES string of the molecule is c1ccc(-c2nc(-c3ccccc3)nc(-c3ccc4oc5cccc(-c6ccc7c(c6)sc6ccccc67)c5c4c3-n3c4ccccc4c4ccccc43)n2)cc1. The molecule has 8 aromatic carbocycles. The normalized spacial score (nSPS) is 11.9. The second kappa shape index (κ2) is 12.6. The fraction of sp³-hybridized carbons (Fsp3) is 0. The van der Waals surface area contributed by atoms with Crippen molar-refractivity contribution in [2.75, 3.05) is 0 Å². The molecule has 0 spiro atoms. The van der Waals surface area contributed by atoms with Gasteiger partial charge in [-0.05, 0) is 53.6 Å². The summed E-state index contributed by atoms with van der Waals surface area (Å²) in [5, 5.41) is 6.96. The first kappa shape index (κ1) is 31.9. The Kier molecular flexibility index (Phi) is 7.03. The Hall–Kier alpha value is -7.41. The van der Waals surface area contributed by atoms with Crippen molar-refractivity contribution in [1.29, 1.82) is 0 Å². The Morgan fingerprint density at radius 1 is 0.386 bits per heavy atom. The molecule has 12 rings (SSSR count). The quantitative estimate of drug-likeness (QED) is 0.176. The van der Waals surface area contributed by atoms with Crippen molar-refractivity contribution in [3.8, 4) is 51.0 Å². The second-order valence-electron chi connectivity index (χ2n) is 14.3. The van der Waals surface area contributed by atoms with Crippen LogP contribution in [0.1, 0.15) is 0 Å². The zero-order chi connectivity index (χ0) is 37.5. The van der Waals surface area contributed by atoms with Crippen molar-refractivity contribution in [3.63, 3.8) is 0 Å². The van der Waals surface area contributed by atoms with Crippen molar-refractivity contribution in [3.05, 3.63) is 182 Å². The molecule has 12 aromatic rings. The van der Waals surface area contributed by atoms with E-state index < -0.39 is 0 Å². The lowest BCUT2D eigenvalue weighted by atomic mass is 9.96. The third-order valence-electron chi connectivity index (χ3n) is 11.1. The number of aromatic nitrogens is 4. The molecule has 0 bridgehead atoms. The van der Waals surface area contributed by atoms with Gasteiger partial charge in [0, 0.05) is 53.0 Å². The number of fused-ring (bicyclic) bond motifs is 9. The topological polar surface area (TPSA) is 56.7 Å². The predicted molar refractivity (Wildman–Crippen MR) is 236 cm³/mol. The number of thiophene rings is 1. The van der Waals surface area contributed by atoms with Crippen LogP contribution in [-0.2, 0) is 0 Å². The van der Waals surface area contributed by atoms with E-state index in [1.807, 2.05) is 72.0 Å². The van der Waals surface area contributed by atoms with E-state index in [1.54, 1.807) is 0 Å². The summed E-state index contributed by atoms with van der Waals surface area (Å²) in [4.78, 5) is 15.6. The number of nitrogens with zero attached hydrogens (tertiary/aromatic N) is 4. The summed E-state index contributed by atoms with van der Waals surface area (Å²) in [5.41, 5.74) is 9.72. The highest BCUT2D eigenvalue weighted by molar-refractivity contribution is 7.25. The molecule has 0 saturated heterocycles. The lowest BCUT2D eigenvalue weighted by Crippen LogP contribution is -2.04. The Balaban J connectivity index is 1.22. The van der Waals surface area contributed by atoms with Crippen LogP contribution in [0.4, 0.5) is 0 Å². The summed E-state index contributed by atoms with van der Waals surface area (Å²) in [6.07, 6.45) is 0. The van der Waals surface area contributed by atoms with Crippen LogP contribution >= 0.6 is 11.3 Å². The van der Waals surface area contributed by atoms with Gasteiger partial charge in [0.1, 0.15) is 11.2 Å². The molecule has 0 aliphatic carbocycles. The number of furan rings is 1. The standard InChI is InChI=1S/C51H30N4OS/c1-3-14-31(15-4-1)49-52-50(32-16-5-2-6-17-32)54-51(53-49)39-28-29-43-47(48(39)55-40-22-10-7-18-35(40)36-19-8-11-23-41(36)55)46-34(21-13-24-42(46)56-43)33-26-27-38-37-20-9-12-25-44(37)57-45(38)30-33/h1-30H. The predicted octanol–water partition coefficient (Wildman–Crippen LogP) is 13.9. The fourth-order valence-electron chi connectivity index (χ4n) is 8.53. The van der Waals surface area contributed by atoms with Crippen LogP contribution in [0, 0.1) is 0 Å². The number of rotatable bonds is 5. The van der Waals surface area contributed by atoms with E-state index >= 15 is 0 Å². The summed E-state index contributed by atoms with van der Waals surface area (Å²) in [6.45, 7) is 0. The van der Waals surface area contributed by atoms with Crippen LogP contribution in [0.5, 0.6) is 0 Å². The van der Waals surface area contributed by atoms with E-state index in [2.05, 4.69) is 126 Å². The lowest BCUT2D eigenvalue weighted by molar-refractivity contribution is 0.669. The number of para-hydroxylation sites is 2. The van der Waals surface area contributed by atoms with Gasteiger partial charge in [-0.2, -0.15) is 0 Å². The molecule has 57 heavy (non-hydrogen) atoms. The summed E-state index contributed by atoms with van der Waals surface area (Å²) < 4.78 is 11.8. The highest BCUT2D eigenvalue weighted by Crippen LogP contribution is 2.46. The van der Waals surface area contributed by atoms with Crippen LogP contribution in [-0.4, -0.2) is 19.5 Å². The van der Waals surface area contributed by atoms with E-state index in [4.69, 9.17) is 19.4 Å². The van der Waals surface area contributed by atoms with Crippen LogP contribution in [0.2, 0.25) is 0 Å². The molecule has 0 saturated carbocycles. The van der Waals surface area contributed by atoms with Gasteiger partial charge in [0.2, 0.25) is 0 Å². The summed E-state index contributed by atoms with van der Waals surface area (Å²) in [5.74, 6) is 1.81. The third-order valence-corrected chi connectivity index (χ3v) is 12.2. The Labute approximate surface area is 330 Å². The van der Waals surface area contributed by atoms with Crippen LogP contribution in [0.15, 0.2) is 186 Å². The molecular weight excluding hydrogens is 717 g/mol. The minimum atomic E-state index is 0.583. The van der Waals surface area contributed by atoms with Gasteiger partial charge in [-0.25, -0.2) is 15.0 Å². The van der Waals surface area contributed by atoms with Gasteiger partial charge in [0.15, 0.2) is 17.5 Å². The molecule has 0 radical (unpaired) electrons. The Morgan fingerprint density at radius 3 is 1.67 bits per heavy atom. The van der Waals surface area contributed by atoms with Crippen molar-refractivity contribution in [2.24, 2.45) is 0 Å². The van der Waals surface area contributed by atoms with Crippen molar-refractivity contribution in [1.82, 2.24) is 19.5 Å². The molecule has 0 unspecified atom stereocenters. The van der Waals surface area contributed by atoms with Gasteiger partial charge in [0.25, 0.3) is 0 Å². The second-order valence-corrected chi connectivity index (χ2v) is 15.4. The van der Waals surface area contributed by atoms with Gasteiger partial charge >= 0.3 is 0 Å². The molecule has 266 valence electrons. The molecule has 0 amide bonds. The van der Waals surface area contributed by atoms with Gasteiger partial charge in [0.05, 0.1) is 22.1 Å². The van der Waals surface area contributed by atoms with Crippen molar-refractivity contribution in [2.45, 2.75) is 0 Å². The minimum Gasteiger partial charge on any atom is -0.456 e. The highest BCUT2D eigenvalue weighted by Gasteiger charge is 2.25. The molecule has 6 heteroatoms. The highest BCUT2D eigenvalue weighted by atomic mass is 32.1. The van der Waals surface area contributed by atoms with E-state index in [1.165, 1.54) is 30.9 Å². The maximum absolute atomic E-state index is 6.83.